The largest absolute Gasteiger partial charge is 0.458 e. The number of amides is 8. The Labute approximate surface area is 591 Å². The monoisotopic (exact) mass is 1510 g/mol. The van der Waals surface area contributed by atoms with Crippen molar-refractivity contribution in [2.24, 2.45) is 11.7 Å². The number of ether oxygens (including phenoxy) is 6. The molecule has 4 aliphatic rings. The van der Waals surface area contributed by atoms with Gasteiger partial charge in [0.2, 0.25) is 23.6 Å². The van der Waals surface area contributed by atoms with E-state index >= 15 is 4.39 Å². The zero-order chi connectivity index (χ0) is 71.4. The van der Waals surface area contributed by atoms with Gasteiger partial charge in [-0.2, -0.15) is 0 Å². The number of esters is 1. The second-order valence-corrected chi connectivity index (χ2v) is 26.1. The quantitative estimate of drug-likeness (QED) is 0.0139. The van der Waals surface area contributed by atoms with Crippen LogP contribution in [-0.4, -0.2) is 168 Å². The van der Waals surface area contributed by atoms with Gasteiger partial charge in [0.05, 0.1) is 110 Å². The second-order valence-electron chi connectivity index (χ2n) is 25.0. The van der Waals surface area contributed by atoms with Crippen molar-refractivity contribution in [3.05, 3.63) is 127 Å². The molecule has 8 amide bonds. The van der Waals surface area contributed by atoms with Crippen molar-refractivity contribution < 1.29 is 76.3 Å². The summed E-state index contributed by atoms with van der Waals surface area (Å²) in [5.41, 5.74) is 10.8. The number of anilines is 1. The summed E-state index contributed by atoms with van der Waals surface area (Å²) < 4.78 is 50.3. The number of primary amides is 1. The molecule has 3 aromatic heterocycles. The molecule has 0 unspecified atom stereocenters. The number of benzene rings is 3. The number of pyridine rings is 2. The summed E-state index contributed by atoms with van der Waals surface area (Å²) in [6, 6.07) is 10.1. The Morgan fingerprint density at radius 3 is 2.15 bits per heavy atom. The third-order valence-electron chi connectivity index (χ3n) is 18.2. The van der Waals surface area contributed by atoms with Gasteiger partial charge in [0.15, 0.2) is 5.60 Å². The van der Waals surface area contributed by atoms with Crippen LogP contribution in [0.4, 0.5) is 19.7 Å². The van der Waals surface area contributed by atoms with E-state index in [1.54, 1.807) is 76.2 Å². The molecule has 10 rings (SSSR count). The van der Waals surface area contributed by atoms with E-state index < -0.39 is 82.9 Å². The maximum absolute atomic E-state index is 15.6. The van der Waals surface area contributed by atoms with Gasteiger partial charge in [-0.25, -0.2) is 33.7 Å². The Morgan fingerprint density at radius 1 is 0.800 bits per heavy atom. The number of aryl methyl sites for hydroxylation is 1. The highest BCUT2D eigenvalue weighted by Gasteiger charge is 2.47. The van der Waals surface area contributed by atoms with Crippen LogP contribution in [-0.2, 0) is 94.8 Å². The highest BCUT2D eigenvalue weighted by Crippen LogP contribution is 2.46. The molecule has 28 nitrogen and oxygen atoms in total. The van der Waals surface area contributed by atoms with Crippen molar-refractivity contribution in [2.75, 3.05) is 77.8 Å². The van der Waals surface area contributed by atoms with Gasteiger partial charge in [-0.05, 0) is 110 Å². The fraction of sp³-hybridized carbons (Fsp3) is 0.478. The fourth-order valence-corrected chi connectivity index (χ4v) is 13.5. The van der Waals surface area contributed by atoms with Crippen LogP contribution in [0.15, 0.2) is 59.4 Å². The lowest BCUT2D eigenvalue weighted by Gasteiger charge is -2.40. The lowest BCUT2D eigenvalue weighted by molar-refractivity contribution is -0.172. The number of alkyl halides is 2. The van der Waals surface area contributed by atoms with Gasteiger partial charge in [-0.3, -0.25) is 33.7 Å². The van der Waals surface area contributed by atoms with E-state index in [1.807, 2.05) is 0 Å². The first-order chi connectivity index (χ1) is 48.1. The SMILES string of the molecule is CC[C@]1(O)C(=O)OCc2c1cc1n(c2=O)Cc2c-1nc1cc(F)c(C)c3c1c2[C@H](NC(=O)[C@H]1CCN1C(=O)OCc1ccc(NC(=O)[C@H](CCCNC(N)=O)NC(=O)[C@@H](NC(=O)CCOCCOCCOCCOCCNC(=O)c2ccc4nc(CBr)c(CBr)nc4c2)C(C)C)cc1)CC3. The van der Waals surface area contributed by atoms with Gasteiger partial charge in [0.25, 0.3) is 11.5 Å². The molecule has 534 valence electrons. The van der Waals surface area contributed by atoms with Crippen molar-refractivity contribution in [3.63, 3.8) is 0 Å². The number of halogens is 3. The molecule has 0 spiro atoms. The Kier molecular flexibility index (Phi) is 25.0. The van der Waals surface area contributed by atoms with Crippen LogP contribution in [0.3, 0.4) is 0 Å². The number of rotatable bonds is 33. The number of aromatic nitrogens is 4. The number of nitrogens with two attached hydrogens (primary N) is 1. The minimum absolute atomic E-state index is 0.0471. The molecule has 5 atom stereocenters. The maximum Gasteiger partial charge on any atom is 0.410 e. The van der Waals surface area contributed by atoms with Crippen LogP contribution in [0.2, 0.25) is 0 Å². The van der Waals surface area contributed by atoms with Gasteiger partial charge in [0, 0.05) is 70.5 Å². The first-order valence-corrected chi connectivity index (χ1v) is 35.5. The Balaban J connectivity index is 0.638. The normalized spacial score (nSPS) is 17.1. The average Bonchev–Trinajstić information content (AvgIpc) is 1.49. The number of likely N-dealkylation sites (tertiary alicyclic amines) is 1. The topological polar surface area (TPSA) is 374 Å². The van der Waals surface area contributed by atoms with Crippen molar-refractivity contribution in [2.45, 2.75) is 133 Å². The number of aliphatic hydroxyl groups is 1. The fourth-order valence-electron chi connectivity index (χ4n) is 12.6. The van der Waals surface area contributed by atoms with Crippen LogP contribution < -0.4 is 43.2 Å². The average molecular weight is 1510 g/mol. The van der Waals surface area contributed by atoms with E-state index in [9.17, 15) is 48.3 Å². The molecule has 3 aromatic carbocycles. The summed E-state index contributed by atoms with van der Waals surface area (Å²) in [5.74, 6) is -4.05. The number of nitrogens with one attached hydrogen (secondary N) is 6. The summed E-state index contributed by atoms with van der Waals surface area (Å²) in [4.78, 5) is 135. The number of fused-ring (bicyclic) bond motifs is 6. The van der Waals surface area contributed by atoms with Crippen LogP contribution in [0.25, 0.3) is 33.3 Å². The number of urea groups is 1. The predicted octanol–water partition coefficient (Wildman–Crippen LogP) is 5.67. The van der Waals surface area contributed by atoms with Crippen molar-refractivity contribution in [3.8, 4) is 11.4 Å². The van der Waals surface area contributed by atoms with Gasteiger partial charge in [0.1, 0.15) is 37.2 Å². The highest BCUT2D eigenvalue weighted by atomic mass is 79.9. The summed E-state index contributed by atoms with van der Waals surface area (Å²) in [6.45, 7) is 9.04. The van der Waals surface area contributed by atoms with E-state index in [1.165, 1.54) is 15.5 Å². The molecule has 6 heterocycles. The zero-order valence-electron chi connectivity index (χ0n) is 55.9. The molecular formula is C69H81Br2FN12O16. The van der Waals surface area contributed by atoms with Gasteiger partial charge >= 0.3 is 18.1 Å². The molecule has 0 bridgehead atoms. The summed E-state index contributed by atoms with van der Waals surface area (Å²) in [5, 5.41) is 30.0. The maximum atomic E-state index is 15.6. The zero-order valence-corrected chi connectivity index (χ0v) is 59.0. The first kappa shape index (κ1) is 74.1. The van der Waals surface area contributed by atoms with Gasteiger partial charge < -0.3 is 75.7 Å². The second kappa shape index (κ2) is 33.7. The molecule has 100 heavy (non-hydrogen) atoms. The van der Waals surface area contributed by atoms with Crippen LogP contribution >= 0.6 is 31.9 Å². The molecular weight excluding hydrogens is 1430 g/mol. The lowest BCUT2D eigenvalue weighted by atomic mass is 9.81. The summed E-state index contributed by atoms with van der Waals surface area (Å²) in [6.07, 6.45) is 0.616. The molecule has 31 heteroatoms. The smallest absolute Gasteiger partial charge is 0.410 e. The molecule has 9 N–H and O–H groups in total. The number of nitrogens with zero attached hydrogens (tertiary/aromatic N) is 5. The minimum Gasteiger partial charge on any atom is -0.458 e. The van der Waals surface area contributed by atoms with E-state index in [0.717, 1.165) is 17.0 Å². The number of hydrogen-bond acceptors (Lipinski definition) is 19. The number of carbonyl (C=O) groups excluding carboxylic acids is 8. The van der Waals surface area contributed by atoms with Crippen molar-refractivity contribution >= 4 is 107 Å². The minimum atomic E-state index is -2.06. The van der Waals surface area contributed by atoms with Crippen LogP contribution in [0, 0.1) is 18.7 Å². The molecule has 6 aromatic rings. The highest BCUT2D eigenvalue weighted by molar-refractivity contribution is 9.09. The molecule has 0 saturated carbocycles. The molecule has 3 aliphatic heterocycles. The third-order valence-corrected chi connectivity index (χ3v) is 19.2. The molecule has 1 saturated heterocycles. The molecule has 0 radical (unpaired) electrons. The molecule has 1 fully saturated rings. The standard InChI is InChI=1S/C69H81Br2FN12O16/c1-5-69(94)45-30-55-60-43(34-84(55)65(90)44(45)36-99-66(69)91)58-48(15-13-42-38(4)46(72)31-51(79-60)57(42)58)80-63(88)54-16-20-83(54)68(93)100-35-39-8-11-41(12-9-39)76-62(87)49(7-6-18-75-67(73)92)81-64(89)59(37(2)3)82-56(85)17-21-95-23-25-97-27-28-98-26-24-96-22-19-74-61(86)40-10-14-47-50(29-40)78-53(33-71)52(32-70)77-47/h8-12,14,29-31,37,48-49,54,59,94H,5-7,13,15-28,32-36H2,1-4H3,(H,74,86)(H,76,87)(H,80,88)(H,81,89)(H,82,85)(H3,73,75,92)/t48-,49+,54-,59+,69-/m1/s1. The van der Waals surface area contributed by atoms with E-state index in [-0.39, 0.29) is 101 Å². The Hall–Kier alpha value is -8.59. The van der Waals surface area contributed by atoms with Crippen molar-refractivity contribution in [1.82, 2.24) is 51.0 Å². The summed E-state index contributed by atoms with van der Waals surface area (Å²) >= 11 is 6.87. The van der Waals surface area contributed by atoms with Gasteiger partial charge in [-0.15, -0.1) is 0 Å². The summed E-state index contributed by atoms with van der Waals surface area (Å²) in [7, 11) is 0. The van der Waals surface area contributed by atoms with Crippen LogP contribution in [0.1, 0.15) is 126 Å². The number of carbonyl (C=O) groups is 8. The lowest BCUT2D eigenvalue weighted by Crippen LogP contribution is -2.58. The van der Waals surface area contributed by atoms with Gasteiger partial charge in [-0.1, -0.05) is 64.8 Å². The Morgan fingerprint density at radius 2 is 1.49 bits per heavy atom. The molecule has 1 aliphatic carbocycles. The first-order valence-electron chi connectivity index (χ1n) is 33.2. The van der Waals surface area contributed by atoms with E-state index in [4.69, 9.17) is 39.1 Å². The van der Waals surface area contributed by atoms with E-state index in [2.05, 4.69) is 73.7 Å². The number of cyclic esters (lactones) is 1. The number of hydrogen-bond donors (Lipinski definition) is 8. The predicted molar refractivity (Wildman–Crippen MR) is 369 cm³/mol. The van der Waals surface area contributed by atoms with Crippen LogP contribution in [0.5, 0.6) is 0 Å². The van der Waals surface area contributed by atoms with E-state index in [0.29, 0.717) is 136 Å². The Bertz CT molecular complexity index is 4160. The van der Waals surface area contributed by atoms with Crippen molar-refractivity contribution in [1.29, 1.82) is 0 Å². The third kappa shape index (κ3) is 17.1.